The molecular weight excluding hydrogens is 316 g/mol. The molecule has 1 aromatic heterocycles. The molecule has 132 valence electrons. The van der Waals surface area contributed by atoms with Crippen molar-refractivity contribution in [3.63, 3.8) is 0 Å². The molecule has 25 heavy (non-hydrogen) atoms. The maximum absolute atomic E-state index is 12.7. The smallest absolute Gasteiger partial charge is 0.342 e. The molecule has 3 saturated heterocycles. The van der Waals surface area contributed by atoms with Crippen molar-refractivity contribution in [3.8, 4) is 16.9 Å². The summed E-state index contributed by atoms with van der Waals surface area (Å²) < 4.78 is 6.79. The van der Waals surface area contributed by atoms with Crippen molar-refractivity contribution in [2.45, 2.75) is 31.8 Å². The lowest BCUT2D eigenvalue weighted by atomic mass is 9.79. The van der Waals surface area contributed by atoms with Crippen LogP contribution in [-0.4, -0.2) is 53.0 Å². The van der Waals surface area contributed by atoms with Crippen LogP contribution >= 0.6 is 0 Å². The van der Waals surface area contributed by atoms with Gasteiger partial charge in [-0.25, -0.2) is 4.79 Å². The highest BCUT2D eigenvalue weighted by molar-refractivity contribution is 5.78. The summed E-state index contributed by atoms with van der Waals surface area (Å²) in [5, 5.41) is 7.45. The van der Waals surface area contributed by atoms with E-state index in [1.165, 1.54) is 17.5 Å². The van der Waals surface area contributed by atoms with Gasteiger partial charge in [0.2, 0.25) is 0 Å². The maximum Gasteiger partial charge on any atom is 0.342 e. The lowest BCUT2D eigenvalue weighted by molar-refractivity contribution is 0.0266. The number of piperidine rings is 3. The number of carbonyl (C=O) groups is 1. The highest BCUT2D eigenvalue weighted by Crippen LogP contribution is 2.32. The van der Waals surface area contributed by atoms with Gasteiger partial charge in [0.1, 0.15) is 5.75 Å². The number of aromatic nitrogens is 2. The summed E-state index contributed by atoms with van der Waals surface area (Å²) in [4.78, 5) is 15.1. The van der Waals surface area contributed by atoms with E-state index in [1.54, 1.807) is 19.5 Å². The molecule has 0 spiro atoms. The first-order chi connectivity index (χ1) is 12.2. The average Bonchev–Trinajstić information content (AvgIpc) is 3.15. The fraction of sp³-hybridized carbons (Fsp3) is 0.474. The third kappa shape index (κ3) is 2.91. The number of hydrogen-bond donors (Lipinski definition) is 1. The highest BCUT2D eigenvalue weighted by Gasteiger charge is 2.40. The van der Waals surface area contributed by atoms with Crippen molar-refractivity contribution in [3.05, 3.63) is 36.7 Å². The van der Waals surface area contributed by atoms with Crippen molar-refractivity contribution in [2.24, 2.45) is 5.92 Å². The molecule has 2 aromatic rings. The Bertz CT molecular complexity index is 762. The van der Waals surface area contributed by atoms with Crippen LogP contribution in [0.4, 0.5) is 4.79 Å². The van der Waals surface area contributed by atoms with Crippen LogP contribution in [0.1, 0.15) is 19.8 Å². The molecule has 6 nitrogen and oxygen atoms in total. The van der Waals surface area contributed by atoms with Crippen LogP contribution in [0.5, 0.6) is 5.75 Å². The summed E-state index contributed by atoms with van der Waals surface area (Å²) in [6.45, 7) is 4.51. The van der Waals surface area contributed by atoms with Crippen molar-refractivity contribution >= 4 is 6.03 Å². The largest absolute Gasteiger partial charge is 0.496 e. The van der Waals surface area contributed by atoms with Crippen LogP contribution in [0, 0.1) is 5.92 Å². The summed E-state index contributed by atoms with van der Waals surface area (Å²) in [5.74, 6) is 1.35. The molecule has 1 N–H and O–H groups in total. The van der Waals surface area contributed by atoms with Crippen LogP contribution in [-0.2, 0) is 0 Å². The van der Waals surface area contributed by atoms with E-state index in [0.717, 1.165) is 30.0 Å². The highest BCUT2D eigenvalue weighted by atomic mass is 16.5. The molecular formula is C19H24N4O2. The van der Waals surface area contributed by atoms with Crippen LogP contribution in [0.2, 0.25) is 0 Å². The molecule has 0 unspecified atom stereocenters. The van der Waals surface area contributed by atoms with Gasteiger partial charge in [-0.3, -0.25) is 4.90 Å². The van der Waals surface area contributed by atoms with Gasteiger partial charge in [0, 0.05) is 29.4 Å². The Morgan fingerprint density at radius 1 is 1.28 bits per heavy atom. The van der Waals surface area contributed by atoms with Crippen LogP contribution in [0.25, 0.3) is 11.1 Å². The molecule has 5 rings (SSSR count). The molecule has 0 saturated carbocycles. The van der Waals surface area contributed by atoms with Gasteiger partial charge in [-0.05, 0) is 44.8 Å². The van der Waals surface area contributed by atoms with Crippen molar-refractivity contribution < 1.29 is 9.53 Å². The number of methoxy groups -OCH3 is 1. The predicted molar refractivity (Wildman–Crippen MR) is 95.7 cm³/mol. The molecule has 4 heterocycles. The monoisotopic (exact) mass is 340 g/mol. The van der Waals surface area contributed by atoms with E-state index in [9.17, 15) is 4.79 Å². The molecule has 0 radical (unpaired) electrons. The van der Waals surface area contributed by atoms with Gasteiger partial charge in [-0.1, -0.05) is 18.2 Å². The minimum absolute atomic E-state index is 0.160. The Labute approximate surface area is 147 Å². The van der Waals surface area contributed by atoms with E-state index in [1.807, 2.05) is 24.3 Å². The normalized spacial score (nSPS) is 27.9. The Balaban J connectivity index is 1.51. The Morgan fingerprint density at radius 3 is 2.76 bits per heavy atom. The molecule has 3 aliphatic heterocycles. The van der Waals surface area contributed by atoms with Gasteiger partial charge in [0.25, 0.3) is 0 Å². The number of fused-ring (bicyclic) bond motifs is 3. The number of rotatable bonds is 3. The van der Waals surface area contributed by atoms with Crippen molar-refractivity contribution in [2.75, 3.05) is 20.2 Å². The molecule has 2 atom stereocenters. The van der Waals surface area contributed by atoms with Gasteiger partial charge in [-0.2, -0.15) is 9.78 Å². The molecule has 2 bridgehead atoms. The van der Waals surface area contributed by atoms with Gasteiger partial charge in [0.15, 0.2) is 0 Å². The molecule has 3 fully saturated rings. The molecule has 6 heteroatoms. The summed E-state index contributed by atoms with van der Waals surface area (Å²) >= 11 is 0. The van der Waals surface area contributed by atoms with Crippen LogP contribution in [0.3, 0.4) is 0 Å². The lowest BCUT2D eigenvalue weighted by Crippen LogP contribution is -2.62. The van der Waals surface area contributed by atoms with E-state index in [-0.39, 0.29) is 12.1 Å². The quantitative estimate of drug-likeness (QED) is 0.933. The zero-order valence-electron chi connectivity index (χ0n) is 14.7. The van der Waals surface area contributed by atoms with Gasteiger partial charge in [0.05, 0.1) is 13.3 Å². The van der Waals surface area contributed by atoms with E-state index >= 15 is 0 Å². The second-order valence-electron chi connectivity index (χ2n) is 6.96. The minimum atomic E-state index is -0.160. The Kier molecular flexibility index (Phi) is 4.21. The number of hydrogen-bond acceptors (Lipinski definition) is 4. The summed E-state index contributed by atoms with van der Waals surface area (Å²) in [7, 11) is 1.64. The number of nitrogens with zero attached hydrogens (tertiary/aromatic N) is 3. The SMILES string of the molecule is COc1ccccc1-c1cnn(C(=O)N[C@@H]2C3CCN(CC3)[C@@H]2C)c1. The molecule has 1 amide bonds. The third-order valence-corrected chi connectivity index (χ3v) is 5.68. The van der Waals surface area contributed by atoms with Gasteiger partial charge < -0.3 is 10.1 Å². The lowest BCUT2D eigenvalue weighted by Gasteiger charge is -2.49. The standard InChI is InChI=1S/C19H24N4O2/c1-13-18(14-7-9-22(13)10-8-14)21-19(24)23-12-15(11-20-23)16-5-3-4-6-17(16)25-2/h3-6,11-14,18H,7-10H2,1-2H3,(H,21,24)/t13-,18+/m1/s1. The van der Waals surface area contributed by atoms with Gasteiger partial charge in [-0.15, -0.1) is 0 Å². The Morgan fingerprint density at radius 2 is 2.04 bits per heavy atom. The van der Waals surface area contributed by atoms with E-state index in [0.29, 0.717) is 12.0 Å². The van der Waals surface area contributed by atoms with E-state index in [2.05, 4.69) is 22.2 Å². The number of ether oxygens (including phenoxy) is 1. The van der Waals surface area contributed by atoms with Gasteiger partial charge >= 0.3 is 6.03 Å². The van der Waals surface area contributed by atoms with E-state index in [4.69, 9.17) is 4.74 Å². The fourth-order valence-electron chi connectivity index (χ4n) is 4.21. The summed E-state index contributed by atoms with van der Waals surface area (Å²) in [6.07, 6.45) is 5.80. The zero-order chi connectivity index (χ0) is 17.4. The number of benzene rings is 1. The summed E-state index contributed by atoms with van der Waals surface area (Å²) in [6, 6.07) is 8.18. The second-order valence-corrected chi connectivity index (χ2v) is 6.96. The van der Waals surface area contributed by atoms with Crippen molar-refractivity contribution in [1.29, 1.82) is 0 Å². The molecule has 3 aliphatic rings. The van der Waals surface area contributed by atoms with Crippen LogP contribution < -0.4 is 10.1 Å². The first kappa shape index (κ1) is 16.1. The number of carbonyl (C=O) groups excluding carboxylic acids is 1. The maximum atomic E-state index is 12.7. The number of amides is 1. The average molecular weight is 340 g/mol. The first-order valence-electron chi connectivity index (χ1n) is 8.90. The predicted octanol–water partition coefficient (Wildman–Crippen LogP) is 2.60. The number of nitrogens with one attached hydrogen (secondary N) is 1. The topological polar surface area (TPSA) is 59.4 Å². The summed E-state index contributed by atoms with van der Waals surface area (Å²) in [5.41, 5.74) is 1.80. The van der Waals surface area contributed by atoms with Crippen LogP contribution in [0.15, 0.2) is 36.7 Å². The van der Waals surface area contributed by atoms with Crippen molar-refractivity contribution in [1.82, 2.24) is 20.0 Å². The zero-order valence-corrected chi connectivity index (χ0v) is 14.7. The first-order valence-corrected chi connectivity index (χ1v) is 8.90. The number of para-hydroxylation sites is 1. The third-order valence-electron chi connectivity index (χ3n) is 5.68. The molecule has 1 aromatic carbocycles. The fourth-order valence-corrected chi connectivity index (χ4v) is 4.21. The second kappa shape index (κ2) is 6.52. The minimum Gasteiger partial charge on any atom is -0.496 e. The Hall–Kier alpha value is -2.34. The van der Waals surface area contributed by atoms with E-state index < -0.39 is 0 Å². The molecule has 0 aliphatic carbocycles.